The van der Waals surface area contributed by atoms with Gasteiger partial charge in [0.05, 0.1) is 13.2 Å². The van der Waals surface area contributed by atoms with Crippen LogP contribution in [0.25, 0.3) is 0 Å². The van der Waals surface area contributed by atoms with Crippen LogP contribution in [0.15, 0.2) is 0 Å². The van der Waals surface area contributed by atoms with Crippen molar-refractivity contribution >= 4 is 35.7 Å². The van der Waals surface area contributed by atoms with Crippen molar-refractivity contribution in [1.29, 1.82) is 0 Å². The second-order valence-electron chi connectivity index (χ2n) is 12.9. The average Bonchev–Trinajstić information content (AvgIpc) is 3.17. The van der Waals surface area contributed by atoms with Crippen molar-refractivity contribution in [3.05, 3.63) is 0 Å². The minimum Gasteiger partial charge on any atom is -0.870 e. The molecule has 0 bridgehead atoms. The first-order valence-corrected chi connectivity index (χ1v) is 15.0. The Bertz CT molecular complexity index is 944. The number of carbonyl (C=O) groups excluding carboxylic acids is 6. The molecular formula is C31H55KN2O12. The summed E-state index contributed by atoms with van der Waals surface area (Å²) in [5.74, 6) is -1.40. The standard InChI is InChI=1S/2C15H25NO5.CH4O.K.H2O/c2*1-6-20-12(18)15(5)8-10-16(9-7-11(15)17)13(19)21-14(2,3)4;1-2;;/h2*6-10H2,1-5H3;2H,1H3;;1H2/q;;;+1;/p-1. The van der Waals surface area contributed by atoms with E-state index in [1.54, 1.807) is 69.2 Å². The van der Waals surface area contributed by atoms with Crippen LogP contribution in [0.4, 0.5) is 9.59 Å². The van der Waals surface area contributed by atoms with E-state index in [2.05, 4.69) is 0 Å². The third-order valence-corrected chi connectivity index (χ3v) is 6.97. The normalized spacial score (nSPS) is 21.6. The van der Waals surface area contributed by atoms with Crippen LogP contribution in [-0.2, 0) is 38.1 Å². The van der Waals surface area contributed by atoms with E-state index in [4.69, 9.17) is 24.1 Å². The molecule has 2 unspecified atom stereocenters. The summed E-state index contributed by atoms with van der Waals surface area (Å²) in [5, 5.41) is 7.00. The second kappa shape index (κ2) is 21.4. The summed E-state index contributed by atoms with van der Waals surface area (Å²) < 4.78 is 20.6. The Kier molecular flexibility index (Phi) is 22.7. The summed E-state index contributed by atoms with van der Waals surface area (Å²) in [7, 11) is 1.00. The molecular weight excluding hydrogens is 631 g/mol. The van der Waals surface area contributed by atoms with Gasteiger partial charge in [-0.1, -0.05) is 0 Å². The third kappa shape index (κ3) is 15.5. The van der Waals surface area contributed by atoms with Crippen LogP contribution >= 0.6 is 0 Å². The zero-order valence-corrected chi connectivity index (χ0v) is 33.1. The van der Waals surface area contributed by atoms with Gasteiger partial charge in [0.15, 0.2) is 11.6 Å². The van der Waals surface area contributed by atoms with Crippen molar-refractivity contribution in [2.24, 2.45) is 10.8 Å². The number of hydrogen-bond donors (Lipinski definition) is 1. The maximum Gasteiger partial charge on any atom is 1.00 e. The van der Waals surface area contributed by atoms with Crippen LogP contribution in [0.1, 0.15) is 94.9 Å². The first-order valence-electron chi connectivity index (χ1n) is 15.0. The van der Waals surface area contributed by atoms with Gasteiger partial charge in [0.1, 0.15) is 22.0 Å². The number of rotatable bonds is 4. The maximum atomic E-state index is 12.2. The summed E-state index contributed by atoms with van der Waals surface area (Å²) in [6.07, 6.45) is -0.136. The van der Waals surface area contributed by atoms with E-state index in [0.717, 1.165) is 7.11 Å². The van der Waals surface area contributed by atoms with Crippen molar-refractivity contribution in [1.82, 2.24) is 9.80 Å². The summed E-state index contributed by atoms with van der Waals surface area (Å²) >= 11 is 0. The van der Waals surface area contributed by atoms with Crippen LogP contribution < -0.4 is 51.4 Å². The molecule has 0 aromatic heterocycles. The van der Waals surface area contributed by atoms with Crippen LogP contribution in [0.3, 0.4) is 0 Å². The summed E-state index contributed by atoms with van der Waals surface area (Å²) in [5.41, 5.74) is -3.52. The Hall–Kier alpha value is -1.62. The topological polar surface area (TPSA) is 196 Å². The minimum atomic E-state index is -1.17. The predicted molar refractivity (Wildman–Crippen MR) is 164 cm³/mol. The van der Waals surface area contributed by atoms with Crippen molar-refractivity contribution in [3.8, 4) is 0 Å². The van der Waals surface area contributed by atoms with Gasteiger partial charge >= 0.3 is 75.5 Å². The molecule has 0 radical (unpaired) electrons. The molecule has 2 heterocycles. The van der Waals surface area contributed by atoms with Crippen LogP contribution in [-0.4, -0.2) is 114 Å². The van der Waals surface area contributed by atoms with Crippen LogP contribution in [0.5, 0.6) is 0 Å². The van der Waals surface area contributed by atoms with Gasteiger partial charge in [-0.25, -0.2) is 9.59 Å². The number of aliphatic hydroxyl groups excluding tert-OH is 1. The van der Waals surface area contributed by atoms with Gasteiger partial charge in [0, 0.05) is 46.1 Å². The van der Waals surface area contributed by atoms with E-state index >= 15 is 0 Å². The molecule has 0 aromatic carbocycles. The molecule has 46 heavy (non-hydrogen) atoms. The van der Waals surface area contributed by atoms with Gasteiger partial charge in [0.25, 0.3) is 0 Å². The van der Waals surface area contributed by atoms with Crippen molar-refractivity contribution in [3.63, 3.8) is 0 Å². The SMILES string of the molecule is CCOC(=O)C1(C)CCN(C(=O)OC(C)(C)C)CCC1=O.CCOC(=O)C1(C)CCN(C(=O)OC(C)(C)C)CCC1=O.CO.[K+].[OH-]. The largest absolute Gasteiger partial charge is 1.00 e. The molecule has 0 aliphatic carbocycles. The Morgan fingerprint density at radius 2 is 0.957 bits per heavy atom. The number of likely N-dealkylation sites (tertiary alicyclic amines) is 2. The summed E-state index contributed by atoms with van der Waals surface area (Å²) in [6, 6.07) is 0. The minimum absolute atomic E-state index is 0. The van der Waals surface area contributed by atoms with Gasteiger partial charge in [-0.2, -0.15) is 0 Å². The Morgan fingerprint density at radius 3 is 1.20 bits per heavy atom. The fourth-order valence-corrected chi connectivity index (χ4v) is 4.28. The van der Waals surface area contributed by atoms with Gasteiger partial charge in [-0.15, -0.1) is 0 Å². The first-order chi connectivity index (χ1) is 20.2. The fourth-order valence-electron chi connectivity index (χ4n) is 4.28. The average molecular weight is 687 g/mol. The number of esters is 2. The number of amides is 2. The molecule has 2 aliphatic rings. The maximum absolute atomic E-state index is 12.2. The van der Waals surface area contributed by atoms with Crippen LogP contribution in [0.2, 0.25) is 0 Å². The molecule has 0 aromatic rings. The molecule has 262 valence electrons. The molecule has 2 rings (SSSR count). The number of carbonyl (C=O) groups is 6. The van der Waals surface area contributed by atoms with Crippen molar-refractivity contribution < 1.29 is 110 Å². The van der Waals surface area contributed by atoms with E-state index in [1.807, 2.05) is 0 Å². The van der Waals surface area contributed by atoms with Crippen molar-refractivity contribution in [2.45, 2.75) is 106 Å². The molecule has 2 N–H and O–H groups in total. The molecule has 2 fully saturated rings. The molecule has 2 atom stereocenters. The zero-order chi connectivity index (χ0) is 34.5. The predicted octanol–water partition coefficient (Wildman–Crippen LogP) is 0.747. The summed E-state index contributed by atoms with van der Waals surface area (Å²) in [4.78, 5) is 75.5. The number of nitrogens with zero attached hydrogens (tertiary/aromatic N) is 2. The third-order valence-electron chi connectivity index (χ3n) is 6.97. The molecule has 14 nitrogen and oxygen atoms in total. The van der Waals surface area contributed by atoms with E-state index in [0.29, 0.717) is 13.1 Å². The molecule has 15 heteroatoms. The van der Waals surface area contributed by atoms with E-state index < -0.39 is 46.2 Å². The molecule has 2 saturated heterocycles. The fraction of sp³-hybridized carbons (Fsp3) is 0.806. The van der Waals surface area contributed by atoms with E-state index in [1.165, 1.54) is 9.80 Å². The zero-order valence-electron chi connectivity index (χ0n) is 29.9. The van der Waals surface area contributed by atoms with Crippen LogP contribution in [0, 0.1) is 10.8 Å². The number of ether oxygens (including phenoxy) is 4. The second-order valence-corrected chi connectivity index (χ2v) is 12.9. The van der Waals surface area contributed by atoms with Gasteiger partial charge in [0.2, 0.25) is 0 Å². The number of aliphatic hydroxyl groups is 1. The smallest absolute Gasteiger partial charge is 0.870 e. The molecule has 2 amide bonds. The number of ketones is 2. The quantitative estimate of drug-likeness (QED) is 0.189. The Balaban J connectivity index is -0.000000732. The Morgan fingerprint density at radius 1 is 0.674 bits per heavy atom. The molecule has 2 aliphatic heterocycles. The molecule has 0 saturated carbocycles. The monoisotopic (exact) mass is 686 g/mol. The number of Topliss-reactive ketones (excluding diaryl/α,β-unsaturated/α-hetero) is 2. The Labute approximate surface area is 316 Å². The first kappa shape index (κ1) is 48.8. The van der Waals surface area contributed by atoms with Gasteiger partial charge in [-0.3, -0.25) is 19.2 Å². The van der Waals surface area contributed by atoms with E-state index in [-0.39, 0.29) is 120 Å². The summed E-state index contributed by atoms with van der Waals surface area (Å²) in [6.45, 7) is 18.9. The number of hydrogen-bond acceptors (Lipinski definition) is 12. The van der Waals surface area contributed by atoms with Gasteiger partial charge in [-0.05, 0) is 82.1 Å². The molecule has 0 spiro atoms. The van der Waals surface area contributed by atoms with E-state index in [9.17, 15) is 28.8 Å². The van der Waals surface area contributed by atoms with Gasteiger partial charge < -0.3 is 39.3 Å². The van der Waals surface area contributed by atoms with Crippen molar-refractivity contribution in [2.75, 3.05) is 46.5 Å².